The van der Waals surface area contributed by atoms with Crippen molar-refractivity contribution in [2.24, 2.45) is 5.73 Å². The first-order chi connectivity index (χ1) is 20.5. The molecule has 2 heterocycles. The minimum absolute atomic E-state index is 0.0196. The van der Waals surface area contributed by atoms with Gasteiger partial charge in [0.15, 0.2) is 0 Å². The summed E-state index contributed by atoms with van der Waals surface area (Å²) in [5.74, 6) is 6.81. The number of nitrogens with two attached hydrogens (primary N) is 1. The molecular formula is C31H37F3N8O. The van der Waals surface area contributed by atoms with Crippen LogP contribution in [0, 0.1) is 17.3 Å². The van der Waals surface area contributed by atoms with E-state index in [1.807, 2.05) is 20.9 Å². The van der Waals surface area contributed by atoms with Crippen molar-refractivity contribution < 1.29 is 18.0 Å². The van der Waals surface area contributed by atoms with Crippen LogP contribution in [0.3, 0.4) is 0 Å². The first kappa shape index (κ1) is 33.0. The number of aromatic nitrogens is 2. The highest BCUT2D eigenvalue weighted by atomic mass is 19.4. The number of piperazine rings is 1. The van der Waals surface area contributed by atoms with E-state index in [4.69, 9.17) is 10.2 Å². The number of nitrogens with one attached hydrogen (secondary N) is 3. The molecule has 4 rings (SSSR count). The van der Waals surface area contributed by atoms with Crippen molar-refractivity contribution in [1.82, 2.24) is 19.8 Å². The zero-order chi connectivity index (χ0) is 31.6. The second-order valence-electron chi connectivity index (χ2n) is 10.3. The number of benzene rings is 2. The van der Waals surface area contributed by atoms with E-state index in [9.17, 15) is 13.2 Å². The lowest BCUT2D eigenvalue weighted by molar-refractivity contribution is -0.138. The zero-order valence-corrected chi connectivity index (χ0v) is 24.7. The van der Waals surface area contributed by atoms with Crippen LogP contribution in [0.25, 0.3) is 11.1 Å². The van der Waals surface area contributed by atoms with Gasteiger partial charge >= 0.3 is 6.18 Å². The molecule has 1 saturated heterocycles. The summed E-state index contributed by atoms with van der Waals surface area (Å²) in [6.07, 6.45) is -2.80. The van der Waals surface area contributed by atoms with Crippen LogP contribution in [0.2, 0.25) is 0 Å². The Kier molecular flexibility index (Phi) is 11.6. The van der Waals surface area contributed by atoms with Gasteiger partial charge in [0.1, 0.15) is 23.7 Å². The first-order valence-corrected chi connectivity index (χ1v) is 13.7. The number of hydrogen-bond acceptors (Lipinski definition) is 8. The van der Waals surface area contributed by atoms with Crippen molar-refractivity contribution in [2.45, 2.75) is 32.6 Å². The fraction of sp³-hybridized carbons (Fsp3) is 0.355. The van der Waals surface area contributed by atoms with Gasteiger partial charge in [-0.3, -0.25) is 15.1 Å². The number of alkyl halides is 3. The standard InChI is InChI=1S/C30H34F3N7.CH3NO/c1-20(2)38-29-27(28(35-3)36-19-37-29)26(34)11-8-21-6-5-7-22(16-21)23-9-10-24(25(17-23)30(31,32)33)18-40-14-12-39(4)13-15-40;2-1-3/h5-7,9-10,16-17,19-20,34H,12-15,18H2,1-4H3,(H2,35,36,37,38);1H,(H2,2,3). The van der Waals surface area contributed by atoms with Crippen molar-refractivity contribution in [3.63, 3.8) is 0 Å². The molecule has 1 aliphatic rings. The fourth-order valence-electron chi connectivity index (χ4n) is 4.57. The molecule has 2 aromatic carbocycles. The number of amides is 1. The highest BCUT2D eigenvalue weighted by Crippen LogP contribution is 2.36. The summed E-state index contributed by atoms with van der Waals surface area (Å²) < 4.78 is 42.3. The lowest BCUT2D eigenvalue weighted by Gasteiger charge is -2.33. The Labute approximate surface area is 250 Å². The van der Waals surface area contributed by atoms with Crippen LogP contribution in [-0.4, -0.2) is 78.2 Å². The minimum atomic E-state index is -4.46. The molecule has 1 fully saturated rings. The van der Waals surface area contributed by atoms with Gasteiger partial charge in [0.25, 0.3) is 0 Å². The monoisotopic (exact) mass is 594 g/mol. The molecule has 0 radical (unpaired) electrons. The van der Waals surface area contributed by atoms with Crippen LogP contribution >= 0.6 is 0 Å². The molecule has 9 nitrogen and oxygen atoms in total. The molecule has 0 atom stereocenters. The summed E-state index contributed by atoms with van der Waals surface area (Å²) in [6.45, 7) is 7.36. The van der Waals surface area contributed by atoms with Gasteiger partial charge in [0, 0.05) is 51.4 Å². The van der Waals surface area contributed by atoms with E-state index in [2.05, 4.69) is 48.0 Å². The third kappa shape index (κ3) is 9.26. The number of primary amides is 1. The summed E-state index contributed by atoms with van der Waals surface area (Å²) in [4.78, 5) is 21.3. The lowest BCUT2D eigenvalue weighted by Crippen LogP contribution is -2.44. The number of likely N-dealkylation sites (N-methyl/N-ethyl adjacent to an activating group) is 1. The molecule has 228 valence electrons. The van der Waals surface area contributed by atoms with Gasteiger partial charge in [0.05, 0.1) is 11.1 Å². The van der Waals surface area contributed by atoms with E-state index in [0.717, 1.165) is 26.2 Å². The van der Waals surface area contributed by atoms with Gasteiger partial charge in [-0.25, -0.2) is 9.97 Å². The molecule has 0 bridgehead atoms. The molecule has 12 heteroatoms. The van der Waals surface area contributed by atoms with Gasteiger partial charge in [-0.05, 0) is 61.7 Å². The third-order valence-corrected chi connectivity index (χ3v) is 6.69. The first-order valence-electron chi connectivity index (χ1n) is 13.7. The van der Waals surface area contributed by atoms with Gasteiger partial charge in [0.2, 0.25) is 6.41 Å². The van der Waals surface area contributed by atoms with E-state index in [-0.39, 0.29) is 30.3 Å². The van der Waals surface area contributed by atoms with Crippen LogP contribution in [0.15, 0.2) is 48.8 Å². The molecule has 1 aromatic heterocycles. The minimum Gasteiger partial charge on any atom is -0.372 e. The van der Waals surface area contributed by atoms with Gasteiger partial charge < -0.3 is 21.3 Å². The fourth-order valence-corrected chi connectivity index (χ4v) is 4.57. The number of halogens is 3. The van der Waals surface area contributed by atoms with Crippen molar-refractivity contribution in [2.75, 3.05) is 50.9 Å². The number of rotatable bonds is 7. The third-order valence-electron chi connectivity index (χ3n) is 6.69. The predicted octanol–water partition coefficient (Wildman–Crippen LogP) is 4.29. The number of carbonyl (C=O) groups excluding carboxylic acids is 1. The molecule has 1 amide bonds. The molecule has 0 saturated carbocycles. The van der Waals surface area contributed by atoms with E-state index in [1.54, 1.807) is 43.4 Å². The molecule has 0 spiro atoms. The molecule has 0 unspecified atom stereocenters. The maximum Gasteiger partial charge on any atom is 0.416 e. The predicted molar refractivity (Wildman–Crippen MR) is 164 cm³/mol. The number of hydrogen-bond donors (Lipinski definition) is 4. The smallest absolute Gasteiger partial charge is 0.372 e. The van der Waals surface area contributed by atoms with Crippen LogP contribution in [0.1, 0.15) is 36.1 Å². The quantitative estimate of drug-likeness (QED) is 0.183. The molecule has 3 aromatic rings. The second-order valence-corrected chi connectivity index (χ2v) is 10.3. The Balaban J connectivity index is 0.00000162. The van der Waals surface area contributed by atoms with Crippen LogP contribution in [0.5, 0.6) is 0 Å². The lowest BCUT2D eigenvalue weighted by atomic mass is 9.97. The summed E-state index contributed by atoms with van der Waals surface area (Å²) in [6, 6.07) is 11.7. The highest BCUT2D eigenvalue weighted by molar-refractivity contribution is 6.16. The van der Waals surface area contributed by atoms with E-state index < -0.39 is 11.7 Å². The van der Waals surface area contributed by atoms with Crippen LogP contribution < -0.4 is 16.4 Å². The van der Waals surface area contributed by atoms with Crippen molar-refractivity contribution >= 4 is 23.8 Å². The van der Waals surface area contributed by atoms with E-state index >= 15 is 0 Å². The number of carbonyl (C=O) groups is 1. The Morgan fingerprint density at radius 1 is 1.09 bits per heavy atom. The van der Waals surface area contributed by atoms with Crippen molar-refractivity contribution in [3.05, 3.63) is 71.0 Å². The van der Waals surface area contributed by atoms with Gasteiger partial charge in [-0.1, -0.05) is 30.2 Å². The zero-order valence-electron chi connectivity index (χ0n) is 24.7. The molecule has 5 N–H and O–H groups in total. The average molecular weight is 595 g/mol. The van der Waals surface area contributed by atoms with Crippen LogP contribution in [0.4, 0.5) is 24.8 Å². The second kappa shape index (κ2) is 15.1. The van der Waals surface area contributed by atoms with Crippen molar-refractivity contribution in [1.29, 1.82) is 5.41 Å². The number of nitrogens with zero attached hydrogens (tertiary/aromatic N) is 4. The molecule has 43 heavy (non-hydrogen) atoms. The normalized spacial score (nSPS) is 13.8. The average Bonchev–Trinajstić information content (AvgIpc) is 2.97. The molecule has 1 aliphatic heterocycles. The topological polar surface area (TPSA) is 123 Å². The van der Waals surface area contributed by atoms with E-state index in [1.165, 1.54) is 12.4 Å². The highest BCUT2D eigenvalue weighted by Gasteiger charge is 2.34. The van der Waals surface area contributed by atoms with E-state index in [0.29, 0.717) is 33.9 Å². The number of anilines is 2. The maximum absolute atomic E-state index is 14.1. The summed E-state index contributed by atoms with van der Waals surface area (Å²) >= 11 is 0. The summed E-state index contributed by atoms with van der Waals surface area (Å²) in [5, 5.41) is 14.8. The Morgan fingerprint density at radius 3 is 2.37 bits per heavy atom. The largest absolute Gasteiger partial charge is 0.416 e. The van der Waals surface area contributed by atoms with Gasteiger partial charge in [-0.2, -0.15) is 13.2 Å². The van der Waals surface area contributed by atoms with Gasteiger partial charge in [-0.15, -0.1) is 0 Å². The molecule has 0 aliphatic carbocycles. The molecular weight excluding hydrogens is 557 g/mol. The van der Waals surface area contributed by atoms with Crippen molar-refractivity contribution in [3.8, 4) is 23.0 Å². The van der Waals surface area contributed by atoms with Crippen LogP contribution in [-0.2, 0) is 17.5 Å². The SMILES string of the molecule is CNc1ncnc(NC(C)C)c1C(=N)C#Cc1cccc(-c2ccc(CN3CCN(C)CC3)c(C(F)(F)F)c2)c1.NC=O. The summed E-state index contributed by atoms with van der Waals surface area (Å²) in [7, 11) is 3.73. The maximum atomic E-state index is 14.1. The Hall–Kier alpha value is -4.47. The summed E-state index contributed by atoms with van der Waals surface area (Å²) in [5.41, 5.74) is 5.97. The Morgan fingerprint density at radius 2 is 1.74 bits per heavy atom. The Bertz CT molecular complexity index is 1470.